The molecule has 1 fully saturated rings. The van der Waals surface area contributed by atoms with E-state index in [1.165, 1.54) is 11.0 Å². The van der Waals surface area contributed by atoms with Gasteiger partial charge in [-0.15, -0.1) is 0 Å². The molecule has 3 aromatic rings. The Kier molecular flexibility index (Phi) is 4.10. The lowest BCUT2D eigenvalue weighted by Crippen LogP contribution is -2.30. The molecule has 5 nitrogen and oxygen atoms in total. The Bertz CT molecular complexity index is 988. The summed E-state index contributed by atoms with van der Waals surface area (Å²) in [5, 5.41) is 0. The number of likely N-dealkylation sites (tertiary alicyclic amines) is 1. The van der Waals surface area contributed by atoms with Gasteiger partial charge in [0.15, 0.2) is 11.6 Å². The lowest BCUT2D eigenvalue weighted by molar-refractivity contribution is -0.129. The second kappa shape index (κ2) is 6.44. The summed E-state index contributed by atoms with van der Waals surface area (Å²) in [5.74, 6) is -1.70. The van der Waals surface area contributed by atoms with E-state index < -0.39 is 17.8 Å². The minimum Gasteiger partial charge on any atom is -0.339 e. The minimum absolute atomic E-state index is 0.0661. The highest BCUT2D eigenvalue weighted by Gasteiger charge is 2.26. The van der Waals surface area contributed by atoms with Crippen molar-refractivity contribution in [2.24, 2.45) is 0 Å². The first-order chi connectivity index (χ1) is 12.5. The maximum absolute atomic E-state index is 13.4. The number of aromatic nitrogens is 3. The predicted octanol–water partition coefficient (Wildman–Crippen LogP) is 2.79. The normalized spacial score (nSPS) is 17.2. The van der Waals surface area contributed by atoms with Crippen molar-refractivity contribution in [3.8, 4) is 11.3 Å². The topological polar surface area (TPSA) is 50.5 Å². The van der Waals surface area contributed by atoms with Crippen LogP contribution in [0.3, 0.4) is 0 Å². The van der Waals surface area contributed by atoms with Gasteiger partial charge in [-0.05, 0) is 30.7 Å². The molecule has 1 aliphatic rings. The summed E-state index contributed by atoms with van der Waals surface area (Å²) in [4.78, 5) is 22.3. The third-order valence-electron chi connectivity index (χ3n) is 4.42. The SMILES string of the molecule is O=C(Cc1ccn2cc(-c3ccc(F)c(F)c3)nc2n1)N1CC[C@H](F)C1. The van der Waals surface area contributed by atoms with Crippen molar-refractivity contribution in [3.63, 3.8) is 0 Å². The van der Waals surface area contributed by atoms with E-state index in [4.69, 9.17) is 0 Å². The Morgan fingerprint density at radius 2 is 2.04 bits per heavy atom. The molecule has 0 radical (unpaired) electrons. The molecule has 0 spiro atoms. The largest absolute Gasteiger partial charge is 0.339 e. The summed E-state index contributed by atoms with van der Waals surface area (Å²) >= 11 is 0. The summed E-state index contributed by atoms with van der Waals surface area (Å²) in [7, 11) is 0. The third kappa shape index (κ3) is 3.14. The lowest BCUT2D eigenvalue weighted by Gasteiger charge is -2.14. The Hall–Kier alpha value is -2.90. The fourth-order valence-electron chi connectivity index (χ4n) is 3.01. The first-order valence-corrected chi connectivity index (χ1v) is 8.21. The number of halogens is 3. The van der Waals surface area contributed by atoms with Crippen LogP contribution in [0.15, 0.2) is 36.7 Å². The number of imidazole rings is 1. The van der Waals surface area contributed by atoms with Gasteiger partial charge in [0, 0.05) is 24.5 Å². The van der Waals surface area contributed by atoms with E-state index in [-0.39, 0.29) is 18.9 Å². The second-order valence-electron chi connectivity index (χ2n) is 6.28. The molecular formula is C18H15F3N4O. The number of benzene rings is 1. The van der Waals surface area contributed by atoms with Crippen molar-refractivity contribution < 1.29 is 18.0 Å². The number of alkyl halides is 1. The molecule has 134 valence electrons. The van der Waals surface area contributed by atoms with Gasteiger partial charge in [-0.3, -0.25) is 9.20 Å². The van der Waals surface area contributed by atoms with Crippen molar-refractivity contribution >= 4 is 11.7 Å². The van der Waals surface area contributed by atoms with Gasteiger partial charge in [0.05, 0.1) is 24.4 Å². The number of nitrogens with zero attached hydrogens (tertiary/aromatic N) is 4. The summed E-state index contributed by atoms with van der Waals surface area (Å²) in [6, 6.07) is 5.23. The third-order valence-corrected chi connectivity index (χ3v) is 4.42. The van der Waals surface area contributed by atoms with E-state index in [2.05, 4.69) is 9.97 Å². The first kappa shape index (κ1) is 16.6. The van der Waals surface area contributed by atoms with Crippen LogP contribution in [0.5, 0.6) is 0 Å². The van der Waals surface area contributed by atoms with Crippen molar-refractivity contribution in [1.29, 1.82) is 0 Å². The highest BCUT2D eigenvalue weighted by molar-refractivity contribution is 5.78. The number of amides is 1. The zero-order chi connectivity index (χ0) is 18.3. The van der Waals surface area contributed by atoms with Gasteiger partial charge in [0.2, 0.25) is 11.7 Å². The molecule has 0 saturated carbocycles. The zero-order valence-corrected chi connectivity index (χ0v) is 13.7. The van der Waals surface area contributed by atoms with Crippen LogP contribution in [0.25, 0.3) is 17.0 Å². The molecule has 0 N–H and O–H groups in total. The van der Waals surface area contributed by atoms with E-state index >= 15 is 0 Å². The molecule has 1 amide bonds. The lowest BCUT2D eigenvalue weighted by atomic mass is 10.1. The van der Waals surface area contributed by atoms with E-state index in [1.54, 1.807) is 22.9 Å². The van der Waals surface area contributed by atoms with Crippen LogP contribution in [0.2, 0.25) is 0 Å². The number of hydrogen-bond acceptors (Lipinski definition) is 3. The Labute approximate surface area is 147 Å². The fraction of sp³-hybridized carbons (Fsp3) is 0.278. The van der Waals surface area contributed by atoms with Crippen molar-refractivity contribution in [2.75, 3.05) is 13.1 Å². The summed E-state index contributed by atoms with van der Waals surface area (Å²) < 4.78 is 41.3. The van der Waals surface area contributed by atoms with Gasteiger partial charge in [0.25, 0.3) is 0 Å². The van der Waals surface area contributed by atoms with Gasteiger partial charge in [0.1, 0.15) is 6.17 Å². The Morgan fingerprint density at radius 3 is 2.77 bits per heavy atom. The summed E-state index contributed by atoms with van der Waals surface area (Å²) in [6.45, 7) is 0.552. The van der Waals surface area contributed by atoms with E-state index in [9.17, 15) is 18.0 Å². The number of carbonyl (C=O) groups excluding carboxylic acids is 1. The van der Waals surface area contributed by atoms with Crippen LogP contribution >= 0.6 is 0 Å². The average molecular weight is 360 g/mol. The monoisotopic (exact) mass is 360 g/mol. The van der Waals surface area contributed by atoms with Crippen LogP contribution in [0.1, 0.15) is 12.1 Å². The Balaban J connectivity index is 1.57. The molecule has 4 rings (SSSR count). The molecule has 8 heteroatoms. The second-order valence-corrected chi connectivity index (χ2v) is 6.28. The molecular weight excluding hydrogens is 345 g/mol. The fourth-order valence-corrected chi connectivity index (χ4v) is 3.01. The van der Waals surface area contributed by atoms with E-state index in [0.717, 1.165) is 12.1 Å². The molecule has 0 unspecified atom stereocenters. The van der Waals surface area contributed by atoms with Crippen LogP contribution in [0, 0.1) is 11.6 Å². The summed E-state index contributed by atoms with van der Waals surface area (Å²) in [6.07, 6.45) is 2.82. The van der Waals surface area contributed by atoms with Crippen LogP contribution in [-0.2, 0) is 11.2 Å². The molecule has 0 aliphatic carbocycles. The highest BCUT2D eigenvalue weighted by Crippen LogP contribution is 2.21. The van der Waals surface area contributed by atoms with E-state index in [1.807, 2.05) is 0 Å². The maximum atomic E-state index is 13.4. The number of rotatable bonds is 3. The van der Waals surface area contributed by atoms with Gasteiger partial charge in [-0.2, -0.15) is 0 Å². The van der Waals surface area contributed by atoms with Crippen molar-refractivity contribution in [3.05, 3.63) is 54.0 Å². The molecule has 3 heterocycles. The molecule has 26 heavy (non-hydrogen) atoms. The highest BCUT2D eigenvalue weighted by atomic mass is 19.2. The zero-order valence-electron chi connectivity index (χ0n) is 13.7. The van der Waals surface area contributed by atoms with Gasteiger partial charge < -0.3 is 4.90 Å². The minimum atomic E-state index is -0.958. The molecule has 1 aromatic carbocycles. The molecule has 1 atom stereocenters. The van der Waals surface area contributed by atoms with Crippen LogP contribution in [-0.4, -0.2) is 44.4 Å². The van der Waals surface area contributed by atoms with Crippen molar-refractivity contribution in [1.82, 2.24) is 19.3 Å². The summed E-state index contributed by atoms with van der Waals surface area (Å²) in [5.41, 5.74) is 1.39. The number of hydrogen-bond donors (Lipinski definition) is 0. The van der Waals surface area contributed by atoms with Crippen molar-refractivity contribution in [2.45, 2.75) is 19.0 Å². The van der Waals surface area contributed by atoms with E-state index in [0.29, 0.717) is 35.7 Å². The quantitative estimate of drug-likeness (QED) is 0.722. The smallest absolute Gasteiger partial charge is 0.234 e. The van der Waals surface area contributed by atoms with Crippen LogP contribution < -0.4 is 0 Å². The average Bonchev–Trinajstić information content (AvgIpc) is 3.23. The molecule has 1 saturated heterocycles. The predicted molar refractivity (Wildman–Crippen MR) is 88.1 cm³/mol. The van der Waals surface area contributed by atoms with Gasteiger partial charge >= 0.3 is 0 Å². The standard InChI is InChI=1S/C18H15F3N4O/c19-12-3-5-24(9-12)17(26)8-13-4-6-25-10-16(23-18(25)22-13)11-1-2-14(20)15(21)7-11/h1-2,4,6-7,10,12H,3,5,8-9H2/t12-/m0/s1. The van der Waals surface area contributed by atoms with Gasteiger partial charge in [-0.25, -0.2) is 23.1 Å². The first-order valence-electron chi connectivity index (χ1n) is 8.21. The Morgan fingerprint density at radius 1 is 1.19 bits per heavy atom. The molecule has 1 aliphatic heterocycles. The van der Waals surface area contributed by atoms with Crippen LogP contribution in [0.4, 0.5) is 13.2 Å². The number of carbonyl (C=O) groups is 1. The molecule has 2 aromatic heterocycles. The van der Waals surface area contributed by atoms with Gasteiger partial charge in [-0.1, -0.05) is 0 Å². The molecule has 0 bridgehead atoms. The number of fused-ring (bicyclic) bond motifs is 1. The maximum Gasteiger partial charge on any atom is 0.234 e.